The Balaban J connectivity index is 1.47. The molecule has 0 N–H and O–H groups in total. The van der Waals surface area contributed by atoms with Gasteiger partial charge in [-0.1, -0.05) is 24.6 Å². The predicted molar refractivity (Wildman–Crippen MR) is 116 cm³/mol. The zero-order valence-corrected chi connectivity index (χ0v) is 17.4. The lowest BCUT2D eigenvalue weighted by molar-refractivity contribution is 0.0634. The lowest BCUT2D eigenvalue weighted by Crippen LogP contribution is -2.20. The first-order valence-electron chi connectivity index (χ1n) is 10.6. The van der Waals surface area contributed by atoms with Crippen LogP contribution in [0.25, 0.3) is 22.6 Å². The molecule has 7 heteroatoms. The first-order chi connectivity index (χ1) is 15.2. The van der Waals surface area contributed by atoms with Gasteiger partial charge < -0.3 is 4.74 Å². The number of ether oxygens (including phenoxy) is 1. The Labute approximate surface area is 180 Å². The second-order valence-electron chi connectivity index (χ2n) is 8.03. The van der Waals surface area contributed by atoms with E-state index in [4.69, 9.17) is 9.84 Å². The van der Waals surface area contributed by atoms with Gasteiger partial charge in [-0.25, -0.2) is 24.0 Å². The summed E-state index contributed by atoms with van der Waals surface area (Å²) in [5.74, 6) is 0.712. The van der Waals surface area contributed by atoms with Gasteiger partial charge in [0, 0.05) is 31.3 Å². The Kier molecular flexibility index (Phi) is 5.42. The van der Waals surface area contributed by atoms with Crippen LogP contribution >= 0.6 is 0 Å². The Bertz CT molecular complexity index is 1190. The number of pyridine rings is 1. The van der Waals surface area contributed by atoms with Crippen molar-refractivity contribution < 1.29 is 9.13 Å². The van der Waals surface area contributed by atoms with E-state index in [1.165, 1.54) is 6.07 Å². The van der Waals surface area contributed by atoms with Crippen LogP contribution in [0.4, 0.5) is 4.39 Å². The Morgan fingerprint density at radius 2 is 1.90 bits per heavy atom. The maximum atomic E-state index is 14.2. The summed E-state index contributed by atoms with van der Waals surface area (Å²) in [6.07, 6.45) is 10.2. The molecule has 1 aliphatic rings. The largest absolute Gasteiger partial charge is 0.381 e. The number of methoxy groups -OCH3 is 1. The van der Waals surface area contributed by atoms with E-state index in [1.807, 2.05) is 30.6 Å². The van der Waals surface area contributed by atoms with Gasteiger partial charge >= 0.3 is 0 Å². The van der Waals surface area contributed by atoms with Gasteiger partial charge in [0.15, 0.2) is 11.5 Å². The zero-order chi connectivity index (χ0) is 21.2. The third-order valence-electron chi connectivity index (χ3n) is 6.10. The van der Waals surface area contributed by atoms with Gasteiger partial charge in [0.05, 0.1) is 18.0 Å². The summed E-state index contributed by atoms with van der Waals surface area (Å²) in [5.41, 5.74) is 3.04. The highest BCUT2D eigenvalue weighted by Gasteiger charge is 2.24. The topological polar surface area (TPSA) is 65.7 Å². The molecule has 1 unspecified atom stereocenters. The number of aromatic nitrogens is 5. The fourth-order valence-electron chi connectivity index (χ4n) is 4.41. The normalized spacial score (nSPS) is 19.0. The molecular weight excluding hydrogens is 393 g/mol. The van der Waals surface area contributed by atoms with E-state index in [0.717, 1.165) is 36.6 Å². The lowest BCUT2D eigenvalue weighted by Gasteiger charge is -2.28. The number of rotatable bonds is 5. The standard InChI is InChI=1S/C24H24FN5O/c1-31-19-8-4-7-16(12-19)18-13-27-23(28-14-18)22-20-9-5-11-26-24(20)30(29-22)15-17-6-2-3-10-21(17)25/h2-3,5-6,9-11,13-14,16,19H,4,7-8,12,15H2,1H3/t16?,19-/m1/s1. The molecule has 0 aliphatic heterocycles. The molecule has 3 heterocycles. The number of hydrogen-bond donors (Lipinski definition) is 0. The highest BCUT2D eigenvalue weighted by atomic mass is 19.1. The molecule has 0 radical (unpaired) electrons. The highest BCUT2D eigenvalue weighted by Crippen LogP contribution is 2.34. The van der Waals surface area contributed by atoms with Crippen LogP contribution in [0.1, 0.15) is 42.7 Å². The molecule has 0 bridgehead atoms. The Morgan fingerprint density at radius 3 is 2.71 bits per heavy atom. The van der Waals surface area contributed by atoms with E-state index < -0.39 is 0 Å². The first kappa shape index (κ1) is 19.8. The summed E-state index contributed by atoms with van der Waals surface area (Å²) in [6, 6.07) is 10.5. The maximum absolute atomic E-state index is 14.2. The lowest BCUT2D eigenvalue weighted by atomic mass is 9.83. The summed E-state index contributed by atoms with van der Waals surface area (Å²) in [4.78, 5) is 13.7. The van der Waals surface area contributed by atoms with Gasteiger partial charge in [-0.2, -0.15) is 5.10 Å². The minimum atomic E-state index is -0.258. The van der Waals surface area contributed by atoms with Crippen molar-refractivity contribution in [2.75, 3.05) is 7.11 Å². The molecule has 2 atom stereocenters. The van der Waals surface area contributed by atoms with Crippen molar-refractivity contribution in [1.82, 2.24) is 24.7 Å². The van der Waals surface area contributed by atoms with E-state index in [-0.39, 0.29) is 5.82 Å². The maximum Gasteiger partial charge on any atom is 0.180 e. The van der Waals surface area contributed by atoms with Crippen molar-refractivity contribution in [3.05, 3.63) is 71.9 Å². The van der Waals surface area contributed by atoms with Crippen LogP contribution in [-0.2, 0) is 11.3 Å². The molecule has 1 aliphatic carbocycles. The Morgan fingerprint density at radius 1 is 1.06 bits per heavy atom. The van der Waals surface area contributed by atoms with Gasteiger partial charge in [0.2, 0.25) is 0 Å². The van der Waals surface area contributed by atoms with E-state index in [9.17, 15) is 4.39 Å². The zero-order valence-electron chi connectivity index (χ0n) is 17.4. The summed E-state index contributed by atoms with van der Waals surface area (Å²) >= 11 is 0. The van der Waals surface area contributed by atoms with Gasteiger partial charge in [-0.15, -0.1) is 0 Å². The van der Waals surface area contributed by atoms with Crippen molar-refractivity contribution in [3.8, 4) is 11.5 Å². The van der Waals surface area contributed by atoms with Gasteiger partial charge in [-0.05, 0) is 48.9 Å². The molecular formula is C24H24FN5O. The quantitative estimate of drug-likeness (QED) is 0.469. The first-order valence-corrected chi connectivity index (χ1v) is 10.6. The fourth-order valence-corrected chi connectivity index (χ4v) is 4.41. The molecule has 5 rings (SSSR count). The minimum absolute atomic E-state index is 0.258. The number of hydrogen-bond acceptors (Lipinski definition) is 5. The van der Waals surface area contributed by atoms with Crippen LogP contribution in [0.3, 0.4) is 0 Å². The second-order valence-corrected chi connectivity index (χ2v) is 8.03. The summed E-state index contributed by atoms with van der Waals surface area (Å²) in [5, 5.41) is 5.56. The van der Waals surface area contributed by atoms with E-state index in [2.05, 4.69) is 15.0 Å². The van der Waals surface area contributed by atoms with Crippen LogP contribution in [0.15, 0.2) is 55.0 Å². The van der Waals surface area contributed by atoms with Crippen LogP contribution in [0.5, 0.6) is 0 Å². The summed E-state index contributed by atoms with van der Waals surface area (Å²) < 4.78 is 21.5. The van der Waals surface area contributed by atoms with Crippen molar-refractivity contribution in [1.29, 1.82) is 0 Å². The number of nitrogens with zero attached hydrogens (tertiary/aromatic N) is 5. The van der Waals surface area contributed by atoms with Crippen molar-refractivity contribution >= 4 is 11.0 Å². The predicted octanol–water partition coefficient (Wildman–Crippen LogP) is 4.75. The molecule has 1 saturated carbocycles. The molecule has 0 saturated heterocycles. The van der Waals surface area contributed by atoms with E-state index in [1.54, 1.807) is 30.1 Å². The van der Waals surface area contributed by atoms with Crippen molar-refractivity contribution in [3.63, 3.8) is 0 Å². The molecule has 1 fully saturated rings. The van der Waals surface area contributed by atoms with Crippen molar-refractivity contribution in [2.24, 2.45) is 0 Å². The second kappa shape index (κ2) is 8.51. The molecule has 4 aromatic rings. The average molecular weight is 417 g/mol. The van der Waals surface area contributed by atoms with Crippen LogP contribution < -0.4 is 0 Å². The fraction of sp³-hybridized carbons (Fsp3) is 0.333. The van der Waals surface area contributed by atoms with Gasteiger partial charge in [0.1, 0.15) is 11.5 Å². The monoisotopic (exact) mass is 417 g/mol. The molecule has 1 aromatic carbocycles. The molecule has 0 spiro atoms. The Hall–Kier alpha value is -3.19. The SMILES string of the molecule is CO[C@@H]1CCCC(c2cnc(-c3nn(Cc4ccccc4F)c4ncccc34)nc2)C1. The number of benzene rings is 1. The molecule has 0 amide bonds. The van der Waals surface area contributed by atoms with Crippen LogP contribution in [0.2, 0.25) is 0 Å². The summed E-state index contributed by atoms with van der Waals surface area (Å²) in [7, 11) is 1.78. The third kappa shape index (κ3) is 3.93. The molecule has 31 heavy (non-hydrogen) atoms. The number of fused-ring (bicyclic) bond motifs is 1. The molecule has 6 nitrogen and oxygen atoms in total. The molecule has 158 valence electrons. The van der Waals surface area contributed by atoms with Crippen LogP contribution in [-0.4, -0.2) is 37.9 Å². The summed E-state index contributed by atoms with van der Waals surface area (Å²) in [6.45, 7) is 0.290. The van der Waals surface area contributed by atoms with Gasteiger partial charge in [0.25, 0.3) is 0 Å². The van der Waals surface area contributed by atoms with Crippen molar-refractivity contribution in [2.45, 2.75) is 44.2 Å². The van der Waals surface area contributed by atoms with Crippen LogP contribution in [0, 0.1) is 5.82 Å². The number of halogens is 1. The third-order valence-corrected chi connectivity index (χ3v) is 6.10. The molecule has 3 aromatic heterocycles. The van der Waals surface area contributed by atoms with E-state index in [0.29, 0.717) is 41.3 Å². The van der Waals surface area contributed by atoms with E-state index >= 15 is 0 Å². The highest BCUT2D eigenvalue weighted by molar-refractivity contribution is 5.89. The minimum Gasteiger partial charge on any atom is -0.381 e. The van der Waals surface area contributed by atoms with Gasteiger partial charge in [-0.3, -0.25) is 0 Å². The average Bonchev–Trinajstić information content (AvgIpc) is 3.19. The smallest absolute Gasteiger partial charge is 0.180 e.